The first kappa shape index (κ1) is 24.3. The van der Waals surface area contributed by atoms with Crippen LogP contribution in [0.2, 0.25) is 0 Å². The number of amides is 4. The van der Waals surface area contributed by atoms with Crippen molar-refractivity contribution in [3.63, 3.8) is 0 Å². The first-order valence-electron chi connectivity index (χ1n) is 11.8. The lowest BCUT2D eigenvalue weighted by molar-refractivity contribution is -0.138. The Morgan fingerprint density at radius 1 is 1.03 bits per heavy atom. The van der Waals surface area contributed by atoms with Crippen LogP contribution in [-0.2, 0) is 25.8 Å². The second-order valence-corrected chi connectivity index (χ2v) is 11.2. The van der Waals surface area contributed by atoms with Gasteiger partial charge in [-0.1, -0.05) is 11.6 Å². The molecule has 1 aromatic carbocycles. The molecule has 8 nitrogen and oxygen atoms in total. The minimum atomic E-state index is -2.06. The van der Waals surface area contributed by atoms with Gasteiger partial charge < -0.3 is 9.52 Å². The standard InChI is InChI=1S/C26H21Cl2FN2O6/c1-30-21(33)16-8-7-15-17(19(16)22(30)34)10-25(27)23(35)31(13-4-2-12(29)3-5-13)24(36)26(25,28)20(15)18-9-6-14(11-32)37-18/h2-7,9,16-17,19-20,32H,8,10-11H2,1H3. The van der Waals surface area contributed by atoms with Gasteiger partial charge in [-0.3, -0.25) is 24.1 Å². The summed E-state index contributed by atoms with van der Waals surface area (Å²) in [6, 6.07) is 7.87. The lowest BCUT2D eigenvalue weighted by Crippen LogP contribution is -2.60. The first-order valence-corrected chi connectivity index (χ1v) is 12.5. The third-order valence-corrected chi connectivity index (χ3v) is 9.65. The first-order chi connectivity index (χ1) is 17.5. The molecule has 0 radical (unpaired) electrons. The second kappa shape index (κ2) is 7.99. The fraction of sp³-hybridized carbons (Fsp3) is 0.385. The summed E-state index contributed by atoms with van der Waals surface area (Å²) in [6.07, 6.45) is 1.88. The van der Waals surface area contributed by atoms with Gasteiger partial charge in [0.15, 0.2) is 9.75 Å². The molecule has 6 atom stereocenters. The molecule has 2 saturated heterocycles. The van der Waals surface area contributed by atoms with Crippen molar-refractivity contribution in [3.8, 4) is 0 Å². The number of anilines is 1. The fourth-order valence-corrected chi connectivity index (χ4v) is 7.42. The van der Waals surface area contributed by atoms with E-state index in [1.165, 1.54) is 25.2 Å². The van der Waals surface area contributed by atoms with Gasteiger partial charge in [0.05, 0.1) is 23.4 Å². The van der Waals surface area contributed by atoms with Gasteiger partial charge in [-0.05, 0) is 55.2 Å². The Hall–Kier alpha value is -3.01. The summed E-state index contributed by atoms with van der Waals surface area (Å²) in [7, 11) is 1.42. The van der Waals surface area contributed by atoms with E-state index in [1.54, 1.807) is 12.1 Å². The van der Waals surface area contributed by atoms with Crippen molar-refractivity contribution in [2.45, 2.75) is 35.1 Å². The van der Waals surface area contributed by atoms with E-state index in [0.29, 0.717) is 5.57 Å². The van der Waals surface area contributed by atoms with E-state index in [0.717, 1.165) is 21.9 Å². The highest BCUT2D eigenvalue weighted by Crippen LogP contribution is 2.65. The molecule has 11 heteroatoms. The topological polar surface area (TPSA) is 108 Å². The summed E-state index contributed by atoms with van der Waals surface area (Å²) in [5, 5.41) is 9.59. The van der Waals surface area contributed by atoms with E-state index in [1.807, 2.05) is 0 Å². The van der Waals surface area contributed by atoms with Gasteiger partial charge in [-0.15, -0.1) is 23.2 Å². The lowest BCUT2D eigenvalue weighted by atomic mass is 9.57. The maximum absolute atomic E-state index is 14.0. The number of carbonyl (C=O) groups excluding carboxylic acids is 4. The van der Waals surface area contributed by atoms with Crippen LogP contribution in [0.25, 0.3) is 0 Å². The molecular weight excluding hydrogens is 526 g/mol. The minimum Gasteiger partial charge on any atom is -0.463 e. The van der Waals surface area contributed by atoms with E-state index < -0.39 is 57.7 Å². The molecule has 1 N–H and O–H groups in total. The van der Waals surface area contributed by atoms with E-state index in [-0.39, 0.29) is 41.9 Å². The smallest absolute Gasteiger partial charge is 0.258 e. The average Bonchev–Trinajstić information content (AvgIpc) is 3.48. The highest BCUT2D eigenvalue weighted by atomic mass is 35.5. The quantitative estimate of drug-likeness (QED) is 0.360. The van der Waals surface area contributed by atoms with Crippen LogP contribution in [0.5, 0.6) is 0 Å². The normalized spacial score (nSPS) is 35.0. The molecule has 6 unspecified atom stereocenters. The summed E-state index contributed by atoms with van der Waals surface area (Å²) in [6.45, 7) is -0.409. The largest absolute Gasteiger partial charge is 0.463 e. The lowest BCUT2D eigenvalue weighted by Gasteiger charge is -2.49. The number of hydrogen-bond acceptors (Lipinski definition) is 6. The number of rotatable bonds is 3. The van der Waals surface area contributed by atoms with Crippen molar-refractivity contribution in [3.05, 3.63) is 65.4 Å². The number of fused-ring (bicyclic) bond motifs is 4. The Bertz CT molecular complexity index is 1410. The number of aliphatic hydroxyl groups is 1. The maximum atomic E-state index is 14.0. The van der Waals surface area contributed by atoms with E-state index >= 15 is 0 Å². The molecule has 6 rings (SSSR count). The van der Waals surface area contributed by atoms with Crippen LogP contribution >= 0.6 is 23.2 Å². The van der Waals surface area contributed by atoms with Crippen molar-refractivity contribution in [2.75, 3.05) is 11.9 Å². The Labute approximate surface area is 220 Å². The minimum absolute atomic E-state index is 0.0989. The SMILES string of the molecule is CN1C(=O)C2CC=C3C(CC4(Cl)C(=O)N(c5ccc(F)cc5)C(=O)C4(Cl)C3c3ccc(CO)o3)C2C1=O. The Balaban J connectivity index is 1.56. The number of imide groups is 2. The van der Waals surface area contributed by atoms with Gasteiger partial charge in [0.25, 0.3) is 11.8 Å². The van der Waals surface area contributed by atoms with Gasteiger partial charge in [-0.2, -0.15) is 0 Å². The molecule has 1 saturated carbocycles. The predicted molar refractivity (Wildman–Crippen MR) is 129 cm³/mol. The van der Waals surface area contributed by atoms with Gasteiger partial charge in [0.2, 0.25) is 11.8 Å². The van der Waals surface area contributed by atoms with Crippen LogP contribution in [0, 0.1) is 23.6 Å². The molecule has 3 heterocycles. The number of furan rings is 1. The van der Waals surface area contributed by atoms with Crippen LogP contribution in [-0.4, -0.2) is 50.4 Å². The van der Waals surface area contributed by atoms with Gasteiger partial charge in [0.1, 0.15) is 23.9 Å². The Morgan fingerprint density at radius 3 is 2.38 bits per heavy atom. The molecule has 1 aromatic heterocycles. The van der Waals surface area contributed by atoms with Gasteiger partial charge in [0, 0.05) is 7.05 Å². The zero-order chi connectivity index (χ0) is 26.4. The number of carbonyl (C=O) groups is 4. The van der Waals surface area contributed by atoms with Crippen LogP contribution in [0.4, 0.5) is 10.1 Å². The number of likely N-dealkylation sites (tertiary alicyclic amines) is 1. The van der Waals surface area contributed by atoms with Crippen molar-refractivity contribution >= 4 is 52.5 Å². The number of aliphatic hydroxyl groups excluding tert-OH is 1. The molecule has 192 valence electrons. The van der Waals surface area contributed by atoms with Crippen molar-refractivity contribution in [1.82, 2.24) is 4.90 Å². The van der Waals surface area contributed by atoms with E-state index in [9.17, 15) is 28.7 Å². The number of alkyl halides is 2. The number of halogens is 3. The molecule has 3 fully saturated rings. The molecule has 0 bridgehead atoms. The summed E-state index contributed by atoms with van der Waals surface area (Å²) in [5.41, 5.74) is 0.687. The number of hydrogen-bond donors (Lipinski definition) is 1. The third kappa shape index (κ3) is 2.99. The summed E-state index contributed by atoms with van der Waals surface area (Å²) >= 11 is 14.3. The van der Waals surface area contributed by atoms with Gasteiger partial charge in [-0.25, -0.2) is 9.29 Å². The Morgan fingerprint density at radius 2 is 1.73 bits per heavy atom. The van der Waals surface area contributed by atoms with Crippen LogP contribution in [0.15, 0.2) is 52.5 Å². The number of nitrogens with zero attached hydrogens (tertiary/aromatic N) is 2. The molecule has 2 aliphatic carbocycles. The number of allylic oxidation sites excluding steroid dienone is 2. The zero-order valence-corrected chi connectivity index (χ0v) is 21.0. The summed E-state index contributed by atoms with van der Waals surface area (Å²) in [4.78, 5) is 51.8. The summed E-state index contributed by atoms with van der Waals surface area (Å²) < 4.78 is 19.4. The van der Waals surface area contributed by atoms with Crippen molar-refractivity contribution in [2.24, 2.45) is 17.8 Å². The molecule has 4 amide bonds. The highest BCUT2D eigenvalue weighted by molar-refractivity contribution is 6.58. The monoisotopic (exact) mass is 546 g/mol. The molecule has 0 spiro atoms. The van der Waals surface area contributed by atoms with Gasteiger partial charge >= 0.3 is 0 Å². The molecular formula is C26H21Cl2FN2O6. The fourth-order valence-electron chi connectivity index (χ4n) is 6.50. The molecule has 2 aliphatic heterocycles. The van der Waals surface area contributed by atoms with E-state index in [2.05, 4.69) is 0 Å². The van der Waals surface area contributed by atoms with E-state index in [4.69, 9.17) is 27.6 Å². The third-order valence-electron chi connectivity index (χ3n) is 8.24. The number of benzene rings is 1. The van der Waals surface area contributed by atoms with Crippen LogP contribution in [0.1, 0.15) is 30.3 Å². The molecule has 37 heavy (non-hydrogen) atoms. The maximum Gasteiger partial charge on any atom is 0.258 e. The van der Waals surface area contributed by atoms with Crippen LogP contribution in [0.3, 0.4) is 0 Å². The van der Waals surface area contributed by atoms with Crippen molar-refractivity contribution < 1.29 is 33.1 Å². The second-order valence-electron chi connectivity index (χ2n) is 9.95. The predicted octanol–water partition coefficient (Wildman–Crippen LogP) is 3.10. The highest BCUT2D eigenvalue weighted by Gasteiger charge is 2.77. The molecule has 2 aromatic rings. The average molecular weight is 547 g/mol. The zero-order valence-electron chi connectivity index (χ0n) is 19.5. The Kier molecular flexibility index (Phi) is 5.26. The molecule has 4 aliphatic rings. The van der Waals surface area contributed by atoms with Crippen molar-refractivity contribution in [1.29, 1.82) is 0 Å². The summed E-state index contributed by atoms with van der Waals surface area (Å²) in [5.74, 6) is -5.55. The van der Waals surface area contributed by atoms with Crippen LogP contribution < -0.4 is 4.90 Å².